The summed E-state index contributed by atoms with van der Waals surface area (Å²) in [6.07, 6.45) is 2.13. The van der Waals surface area contributed by atoms with E-state index in [-0.39, 0.29) is 42.8 Å². The van der Waals surface area contributed by atoms with Crippen LogP contribution in [0.25, 0.3) is 0 Å². The lowest BCUT2D eigenvalue weighted by atomic mass is 10.1. The summed E-state index contributed by atoms with van der Waals surface area (Å²) in [6, 6.07) is 7.26. The second-order valence-electron chi connectivity index (χ2n) is 9.40. The van der Waals surface area contributed by atoms with Crippen LogP contribution in [0.2, 0.25) is 0 Å². The number of amides is 3. The summed E-state index contributed by atoms with van der Waals surface area (Å²) in [5.41, 5.74) is 2.23. The molecule has 8 nitrogen and oxygen atoms in total. The monoisotopic (exact) mass is 515 g/mol. The fourth-order valence-electron chi connectivity index (χ4n) is 3.83. The summed E-state index contributed by atoms with van der Waals surface area (Å²) in [5, 5.41) is 7.99. The van der Waals surface area contributed by atoms with Crippen LogP contribution in [0.3, 0.4) is 0 Å². The molecule has 0 saturated heterocycles. The molecule has 1 atom stereocenters. The third-order valence-electron chi connectivity index (χ3n) is 6.05. The van der Waals surface area contributed by atoms with Crippen LogP contribution in [0.5, 0.6) is 0 Å². The number of anilines is 1. The number of carbonyl (C=O) groups is 3. The van der Waals surface area contributed by atoms with Gasteiger partial charge in [-0.3, -0.25) is 14.4 Å². The molecular weight excluding hydrogens is 474 g/mol. The minimum absolute atomic E-state index is 0.0786. The zero-order chi connectivity index (χ0) is 26.7. The van der Waals surface area contributed by atoms with E-state index in [1.807, 2.05) is 39.8 Å². The minimum Gasteiger partial charge on any atom is -0.353 e. The van der Waals surface area contributed by atoms with Crippen molar-refractivity contribution in [2.75, 3.05) is 31.5 Å². The predicted molar refractivity (Wildman–Crippen MR) is 146 cm³/mol. The molecule has 1 aromatic heterocycles. The first-order chi connectivity index (χ1) is 17.1. The Labute approximate surface area is 219 Å². The van der Waals surface area contributed by atoms with Gasteiger partial charge >= 0.3 is 0 Å². The molecule has 0 aliphatic rings. The molecule has 2 aromatic rings. The van der Waals surface area contributed by atoms with E-state index in [2.05, 4.69) is 34.4 Å². The molecule has 1 aromatic carbocycles. The smallest absolute Gasteiger partial charge is 0.254 e. The lowest BCUT2D eigenvalue weighted by Gasteiger charge is -2.26. The molecule has 0 saturated carbocycles. The molecule has 36 heavy (non-hydrogen) atoms. The maximum absolute atomic E-state index is 12.9. The molecule has 3 amide bonds. The average Bonchev–Trinajstić information content (AvgIpc) is 3.26. The number of carbonyl (C=O) groups excluding carboxylic acids is 3. The molecule has 9 heteroatoms. The topological polar surface area (TPSA) is 94.6 Å². The van der Waals surface area contributed by atoms with E-state index in [9.17, 15) is 14.4 Å². The van der Waals surface area contributed by atoms with Crippen molar-refractivity contribution >= 4 is 34.2 Å². The predicted octanol–water partition coefficient (Wildman–Crippen LogP) is 4.11. The summed E-state index contributed by atoms with van der Waals surface area (Å²) < 4.78 is 0. The van der Waals surface area contributed by atoms with Gasteiger partial charge in [0, 0.05) is 23.0 Å². The summed E-state index contributed by atoms with van der Waals surface area (Å²) in [5.74, 6) is -0.595. The quantitative estimate of drug-likeness (QED) is 0.395. The fourth-order valence-corrected chi connectivity index (χ4v) is 4.56. The zero-order valence-corrected chi connectivity index (χ0v) is 23.3. The fraction of sp³-hybridized carbons (Fsp3) is 0.556. The van der Waals surface area contributed by atoms with Crippen LogP contribution in [0.15, 0.2) is 29.6 Å². The molecule has 198 valence electrons. The number of nitrogens with zero attached hydrogens (tertiary/aromatic N) is 3. The van der Waals surface area contributed by atoms with Crippen LogP contribution in [-0.4, -0.2) is 70.8 Å². The van der Waals surface area contributed by atoms with Gasteiger partial charge in [-0.1, -0.05) is 31.5 Å². The van der Waals surface area contributed by atoms with Crippen molar-refractivity contribution in [3.8, 4) is 0 Å². The van der Waals surface area contributed by atoms with Gasteiger partial charge in [-0.05, 0) is 72.3 Å². The number of aryl methyl sites for hydroxylation is 1. The Balaban J connectivity index is 1.83. The van der Waals surface area contributed by atoms with Crippen molar-refractivity contribution in [2.45, 2.75) is 72.9 Å². The molecule has 0 aliphatic carbocycles. The standard InChI is InChI=1S/C27H41N5O3S/c1-7-31(8-2)15-9-10-21(6)28-24(33)16-23-18-36-27(29-23)30-25(34)17-32(19(3)4)26(35)22-13-11-20(5)12-14-22/h11-14,18-19,21H,7-10,15-17H2,1-6H3,(H,28,33)(H,29,30,34). The highest BCUT2D eigenvalue weighted by Gasteiger charge is 2.22. The Morgan fingerprint density at radius 1 is 1.03 bits per heavy atom. The first kappa shape index (κ1) is 29.5. The maximum atomic E-state index is 12.9. The van der Waals surface area contributed by atoms with Crippen LogP contribution in [0.4, 0.5) is 5.13 Å². The summed E-state index contributed by atoms with van der Waals surface area (Å²) in [6.45, 7) is 15.1. The minimum atomic E-state index is -0.323. The molecule has 0 spiro atoms. The van der Waals surface area contributed by atoms with Crippen molar-refractivity contribution in [1.29, 1.82) is 0 Å². The third-order valence-corrected chi connectivity index (χ3v) is 6.86. The first-order valence-electron chi connectivity index (χ1n) is 12.8. The van der Waals surface area contributed by atoms with E-state index in [1.54, 1.807) is 17.5 Å². The lowest BCUT2D eigenvalue weighted by Crippen LogP contribution is -2.42. The number of hydrogen-bond acceptors (Lipinski definition) is 6. The largest absolute Gasteiger partial charge is 0.353 e. The van der Waals surface area contributed by atoms with Gasteiger partial charge < -0.3 is 20.4 Å². The van der Waals surface area contributed by atoms with Crippen LogP contribution in [0.1, 0.15) is 69.1 Å². The molecule has 2 rings (SSSR count). The Kier molecular flexibility index (Phi) is 12.0. The summed E-state index contributed by atoms with van der Waals surface area (Å²) in [4.78, 5) is 46.3. The highest BCUT2D eigenvalue weighted by molar-refractivity contribution is 7.13. The van der Waals surface area contributed by atoms with Crippen LogP contribution in [-0.2, 0) is 16.0 Å². The van der Waals surface area contributed by atoms with E-state index >= 15 is 0 Å². The molecule has 2 N–H and O–H groups in total. The van der Waals surface area contributed by atoms with Crippen molar-refractivity contribution in [3.05, 3.63) is 46.5 Å². The Bertz CT molecular complexity index is 986. The Morgan fingerprint density at radius 3 is 2.31 bits per heavy atom. The van der Waals surface area contributed by atoms with E-state index in [1.165, 1.54) is 16.2 Å². The van der Waals surface area contributed by atoms with E-state index < -0.39 is 0 Å². The van der Waals surface area contributed by atoms with Crippen LogP contribution in [0, 0.1) is 6.92 Å². The van der Waals surface area contributed by atoms with Gasteiger partial charge in [0.15, 0.2) is 5.13 Å². The number of rotatable bonds is 14. The van der Waals surface area contributed by atoms with Gasteiger partial charge in [0.25, 0.3) is 5.91 Å². The van der Waals surface area contributed by atoms with Gasteiger partial charge in [0.05, 0.1) is 12.1 Å². The molecule has 0 radical (unpaired) electrons. The molecular formula is C27H41N5O3S. The molecule has 0 fully saturated rings. The second kappa shape index (κ2) is 14.7. The summed E-state index contributed by atoms with van der Waals surface area (Å²) in [7, 11) is 0. The number of benzene rings is 1. The number of thiazole rings is 1. The van der Waals surface area contributed by atoms with Gasteiger partial charge in [0.1, 0.15) is 6.54 Å². The SMILES string of the molecule is CCN(CC)CCCC(C)NC(=O)Cc1csc(NC(=O)CN(C(=O)c2ccc(C)cc2)C(C)C)n1. The first-order valence-corrected chi connectivity index (χ1v) is 13.6. The van der Waals surface area contributed by atoms with Gasteiger partial charge in [-0.15, -0.1) is 11.3 Å². The number of hydrogen-bond donors (Lipinski definition) is 2. The average molecular weight is 516 g/mol. The van der Waals surface area contributed by atoms with Gasteiger partial charge in [0.2, 0.25) is 11.8 Å². The van der Waals surface area contributed by atoms with Crippen LogP contribution >= 0.6 is 11.3 Å². The molecule has 0 bridgehead atoms. The summed E-state index contributed by atoms with van der Waals surface area (Å²) >= 11 is 1.27. The highest BCUT2D eigenvalue weighted by Crippen LogP contribution is 2.17. The normalized spacial score (nSPS) is 12.0. The second-order valence-corrected chi connectivity index (χ2v) is 10.3. The van der Waals surface area contributed by atoms with E-state index in [0.717, 1.165) is 38.0 Å². The van der Waals surface area contributed by atoms with Gasteiger partial charge in [-0.25, -0.2) is 4.98 Å². The van der Waals surface area contributed by atoms with Crippen LogP contribution < -0.4 is 10.6 Å². The van der Waals surface area contributed by atoms with Crippen molar-refractivity contribution < 1.29 is 14.4 Å². The van der Waals surface area contributed by atoms with Crippen molar-refractivity contribution in [2.24, 2.45) is 0 Å². The zero-order valence-electron chi connectivity index (χ0n) is 22.5. The van der Waals surface area contributed by atoms with Crippen molar-refractivity contribution in [1.82, 2.24) is 20.1 Å². The molecule has 1 heterocycles. The van der Waals surface area contributed by atoms with E-state index in [4.69, 9.17) is 0 Å². The lowest BCUT2D eigenvalue weighted by molar-refractivity contribution is -0.121. The Hall–Kier alpha value is -2.78. The number of nitrogens with one attached hydrogen (secondary N) is 2. The Morgan fingerprint density at radius 2 is 1.69 bits per heavy atom. The maximum Gasteiger partial charge on any atom is 0.254 e. The van der Waals surface area contributed by atoms with Crippen molar-refractivity contribution in [3.63, 3.8) is 0 Å². The van der Waals surface area contributed by atoms with E-state index in [0.29, 0.717) is 16.4 Å². The van der Waals surface area contributed by atoms with Gasteiger partial charge in [-0.2, -0.15) is 0 Å². The molecule has 0 aliphatic heterocycles. The number of aromatic nitrogens is 1. The third kappa shape index (κ3) is 9.70. The highest BCUT2D eigenvalue weighted by atomic mass is 32.1. The molecule has 1 unspecified atom stereocenters.